The summed E-state index contributed by atoms with van der Waals surface area (Å²) in [5.41, 5.74) is 9.46. The zero-order valence-corrected chi connectivity index (χ0v) is 13.2. The van der Waals surface area contributed by atoms with Gasteiger partial charge in [0.25, 0.3) is 0 Å². The molecule has 0 spiro atoms. The molecule has 0 radical (unpaired) electrons. The van der Waals surface area contributed by atoms with E-state index >= 15 is 0 Å². The molecule has 0 amide bonds. The van der Waals surface area contributed by atoms with Crippen molar-refractivity contribution in [3.8, 4) is 0 Å². The van der Waals surface area contributed by atoms with Crippen LogP contribution in [0.4, 0.5) is 5.69 Å². The Balaban J connectivity index is 2.18. The van der Waals surface area contributed by atoms with E-state index in [1.54, 1.807) is 11.3 Å². The first-order valence-electron chi connectivity index (χ1n) is 6.39. The number of hydrogen-bond acceptors (Lipinski definition) is 2. The van der Waals surface area contributed by atoms with Gasteiger partial charge in [0.1, 0.15) is 0 Å². The zero-order valence-electron chi connectivity index (χ0n) is 10.8. The molecule has 0 fully saturated rings. The van der Waals surface area contributed by atoms with Crippen LogP contribution >= 0.6 is 27.3 Å². The van der Waals surface area contributed by atoms with E-state index in [4.69, 9.17) is 5.73 Å². The lowest BCUT2D eigenvalue weighted by Crippen LogP contribution is -2.05. The van der Waals surface area contributed by atoms with Gasteiger partial charge in [-0.05, 0) is 40.8 Å². The van der Waals surface area contributed by atoms with Gasteiger partial charge in [-0.1, -0.05) is 52.3 Å². The summed E-state index contributed by atoms with van der Waals surface area (Å²) in [6, 6.07) is 20.8. The second-order valence-electron chi connectivity index (χ2n) is 4.63. The quantitative estimate of drug-likeness (QED) is 0.643. The van der Waals surface area contributed by atoms with Crippen LogP contribution in [0, 0.1) is 0 Å². The summed E-state index contributed by atoms with van der Waals surface area (Å²) >= 11 is 5.31. The molecule has 2 N–H and O–H groups in total. The summed E-state index contributed by atoms with van der Waals surface area (Å²) < 4.78 is 1.05. The fourth-order valence-electron chi connectivity index (χ4n) is 2.39. The minimum atomic E-state index is 0.189. The molecule has 0 bridgehead atoms. The maximum absolute atomic E-state index is 6.22. The summed E-state index contributed by atoms with van der Waals surface area (Å²) in [4.78, 5) is 1.31. The molecule has 1 atom stereocenters. The molecule has 1 unspecified atom stereocenters. The number of nitrogens with two attached hydrogens (primary N) is 1. The van der Waals surface area contributed by atoms with E-state index in [1.165, 1.54) is 10.4 Å². The molecule has 3 heteroatoms. The lowest BCUT2D eigenvalue weighted by Gasteiger charge is -2.19. The largest absolute Gasteiger partial charge is 0.398 e. The van der Waals surface area contributed by atoms with Crippen molar-refractivity contribution in [1.29, 1.82) is 0 Å². The van der Waals surface area contributed by atoms with Gasteiger partial charge < -0.3 is 5.73 Å². The summed E-state index contributed by atoms with van der Waals surface area (Å²) in [6.45, 7) is 0. The Bertz CT molecular complexity index is 692. The van der Waals surface area contributed by atoms with Crippen LogP contribution < -0.4 is 5.73 Å². The Morgan fingerprint density at radius 1 is 0.950 bits per heavy atom. The van der Waals surface area contributed by atoms with Gasteiger partial charge in [0.2, 0.25) is 0 Å². The van der Waals surface area contributed by atoms with Gasteiger partial charge in [0, 0.05) is 21.0 Å². The maximum atomic E-state index is 6.22. The van der Waals surface area contributed by atoms with Crippen LogP contribution in [0.25, 0.3) is 0 Å². The Morgan fingerprint density at radius 2 is 1.75 bits per heavy atom. The molecule has 0 saturated heterocycles. The number of halogens is 1. The zero-order chi connectivity index (χ0) is 13.9. The summed E-state index contributed by atoms with van der Waals surface area (Å²) in [5.74, 6) is 0.189. The second kappa shape index (κ2) is 5.81. The smallest absolute Gasteiger partial charge is 0.0454 e. The predicted molar refractivity (Wildman–Crippen MR) is 90.3 cm³/mol. The van der Waals surface area contributed by atoms with Crippen LogP contribution in [0.3, 0.4) is 0 Å². The van der Waals surface area contributed by atoms with E-state index in [9.17, 15) is 0 Å². The first kappa shape index (κ1) is 13.4. The van der Waals surface area contributed by atoms with Gasteiger partial charge in [-0.25, -0.2) is 0 Å². The van der Waals surface area contributed by atoms with Crippen LogP contribution in [0.2, 0.25) is 0 Å². The average Bonchev–Trinajstić information content (AvgIpc) is 2.98. The van der Waals surface area contributed by atoms with Crippen molar-refractivity contribution in [2.24, 2.45) is 0 Å². The lowest BCUT2D eigenvalue weighted by molar-refractivity contribution is 1.01. The number of thiophene rings is 1. The van der Waals surface area contributed by atoms with E-state index in [1.807, 2.05) is 18.2 Å². The highest BCUT2D eigenvalue weighted by molar-refractivity contribution is 9.10. The van der Waals surface area contributed by atoms with Crippen LogP contribution in [0.15, 0.2) is 70.5 Å². The molecule has 3 aromatic rings. The van der Waals surface area contributed by atoms with Gasteiger partial charge >= 0.3 is 0 Å². The highest BCUT2D eigenvalue weighted by Crippen LogP contribution is 2.38. The molecule has 3 rings (SSSR count). The molecule has 20 heavy (non-hydrogen) atoms. The monoisotopic (exact) mass is 343 g/mol. The predicted octanol–water partition coefficient (Wildman–Crippen LogP) is 5.27. The number of hydrogen-bond donors (Lipinski definition) is 1. The van der Waals surface area contributed by atoms with E-state index in [0.717, 1.165) is 15.7 Å². The van der Waals surface area contributed by atoms with E-state index in [2.05, 4.69) is 63.8 Å². The van der Waals surface area contributed by atoms with Crippen molar-refractivity contribution in [1.82, 2.24) is 0 Å². The molecule has 1 heterocycles. The first-order valence-corrected chi connectivity index (χ1v) is 8.06. The minimum absolute atomic E-state index is 0.189. The molecule has 1 aromatic heterocycles. The molecular weight excluding hydrogens is 330 g/mol. The third kappa shape index (κ3) is 2.65. The van der Waals surface area contributed by atoms with Crippen molar-refractivity contribution in [3.63, 3.8) is 0 Å². The Kier molecular flexibility index (Phi) is 3.90. The minimum Gasteiger partial charge on any atom is -0.398 e. The van der Waals surface area contributed by atoms with Crippen LogP contribution in [0.1, 0.15) is 21.9 Å². The van der Waals surface area contributed by atoms with Crippen molar-refractivity contribution >= 4 is 33.0 Å². The van der Waals surface area contributed by atoms with Gasteiger partial charge in [0.15, 0.2) is 0 Å². The number of anilines is 1. The molecule has 2 aromatic carbocycles. The maximum Gasteiger partial charge on any atom is 0.0454 e. The lowest BCUT2D eigenvalue weighted by atomic mass is 9.89. The molecule has 0 saturated carbocycles. The van der Waals surface area contributed by atoms with Crippen LogP contribution in [0.5, 0.6) is 0 Å². The SMILES string of the molecule is Nc1ccc(Br)cc1C(c1ccccc1)c1cccs1. The van der Waals surface area contributed by atoms with Crippen LogP contribution in [-0.4, -0.2) is 0 Å². The first-order chi connectivity index (χ1) is 9.75. The topological polar surface area (TPSA) is 26.0 Å². The Morgan fingerprint density at radius 3 is 2.45 bits per heavy atom. The second-order valence-corrected chi connectivity index (χ2v) is 6.53. The summed E-state index contributed by atoms with van der Waals surface area (Å²) in [6.07, 6.45) is 0. The number of rotatable bonds is 3. The molecule has 0 aliphatic rings. The van der Waals surface area contributed by atoms with Gasteiger partial charge in [-0.15, -0.1) is 11.3 Å². The highest BCUT2D eigenvalue weighted by Gasteiger charge is 2.20. The number of nitrogen functional groups attached to an aromatic ring is 1. The van der Waals surface area contributed by atoms with Gasteiger partial charge in [0.05, 0.1) is 0 Å². The molecule has 1 nitrogen and oxygen atoms in total. The standard InChI is InChI=1S/C17H14BrNS/c18-13-8-9-15(19)14(11-13)17(16-7-4-10-20-16)12-5-2-1-3-6-12/h1-11,17H,19H2. The highest BCUT2D eigenvalue weighted by atomic mass is 79.9. The Labute approximate surface area is 131 Å². The van der Waals surface area contributed by atoms with Crippen molar-refractivity contribution in [3.05, 3.63) is 86.5 Å². The van der Waals surface area contributed by atoms with Crippen LogP contribution in [-0.2, 0) is 0 Å². The van der Waals surface area contributed by atoms with Gasteiger partial charge in [-0.3, -0.25) is 0 Å². The fourth-order valence-corrected chi connectivity index (χ4v) is 3.64. The molecule has 100 valence electrons. The molecule has 0 aliphatic carbocycles. The molecule has 0 aliphatic heterocycles. The third-order valence-corrected chi connectivity index (χ3v) is 4.75. The Hall–Kier alpha value is -1.58. The van der Waals surface area contributed by atoms with Gasteiger partial charge in [-0.2, -0.15) is 0 Å². The normalized spacial score (nSPS) is 12.2. The van der Waals surface area contributed by atoms with Crippen molar-refractivity contribution in [2.75, 3.05) is 5.73 Å². The fraction of sp³-hybridized carbons (Fsp3) is 0.0588. The molecular formula is C17H14BrNS. The third-order valence-electron chi connectivity index (χ3n) is 3.32. The van der Waals surface area contributed by atoms with E-state index < -0.39 is 0 Å². The summed E-state index contributed by atoms with van der Waals surface area (Å²) in [5, 5.41) is 2.11. The summed E-state index contributed by atoms with van der Waals surface area (Å²) in [7, 11) is 0. The number of benzene rings is 2. The average molecular weight is 344 g/mol. The van der Waals surface area contributed by atoms with E-state index in [-0.39, 0.29) is 5.92 Å². The van der Waals surface area contributed by atoms with E-state index in [0.29, 0.717) is 0 Å². The van der Waals surface area contributed by atoms with Crippen molar-refractivity contribution in [2.45, 2.75) is 5.92 Å². The van der Waals surface area contributed by atoms with Crippen molar-refractivity contribution < 1.29 is 0 Å².